The second-order valence-electron chi connectivity index (χ2n) is 5.77. The van der Waals surface area contributed by atoms with Gasteiger partial charge in [-0.2, -0.15) is 26.3 Å². The maximum absolute atomic E-state index is 12.9. The summed E-state index contributed by atoms with van der Waals surface area (Å²) in [7, 11) is 0. The molecule has 1 heterocycles. The molecule has 134 valence electrons. The van der Waals surface area contributed by atoms with Crippen molar-refractivity contribution in [2.24, 2.45) is 11.8 Å². The zero-order valence-electron chi connectivity index (χ0n) is 12.2. The average molecular weight is 356 g/mol. The van der Waals surface area contributed by atoms with Crippen molar-refractivity contribution < 1.29 is 31.1 Å². The molecule has 24 heavy (non-hydrogen) atoms. The van der Waals surface area contributed by atoms with Crippen LogP contribution >= 0.6 is 0 Å². The standard InChI is InChI=1S/C14H14F6N2O2/c15-13(16,17)7-4-8(14(18,19)20)6-9(5-7)22-12(24)10-2-1-3-21-11(10)23/h1-3,7-9H,4-6H2,(H,21,23)(H,22,24)/t7-,8-/m0/s1. The third kappa shape index (κ3) is 4.30. The summed E-state index contributed by atoms with van der Waals surface area (Å²) in [4.78, 5) is 25.6. The van der Waals surface area contributed by atoms with Gasteiger partial charge in [0, 0.05) is 12.2 Å². The van der Waals surface area contributed by atoms with Gasteiger partial charge < -0.3 is 10.3 Å². The van der Waals surface area contributed by atoms with E-state index in [4.69, 9.17) is 0 Å². The molecule has 0 unspecified atom stereocenters. The highest BCUT2D eigenvalue weighted by molar-refractivity contribution is 5.93. The molecule has 0 spiro atoms. The first-order valence-electron chi connectivity index (χ1n) is 7.10. The Morgan fingerprint density at radius 2 is 1.58 bits per heavy atom. The van der Waals surface area contributed by atoms with Gasteiger partial charge in [0.2, 0.25) is 0 Å². The molecular weight excluding hydrogens is 342 g/mol. The van der Waals surface area contributed by atoms with Crippen molar-refractivity contribution in [3.8, 4) is 0 Å². The second kappa shape index (κ2) is 6.48. The molecular formula is C14H14F6N2O2. The van der Waals surface area contributed by atoms with Crippen molar-refractivity contribution in [3.63, 3.8) is 0 Å². The molecule has 1 amide bonds. The lowest BCUT2D eigenvalue weighted by Crippen LogP contribution is -2.47. The summed E-state index contributed by atoms with van der Waals surface area (Å²) in [6.45, 7) is 0. The van der Waals surface area contributed by atoms with Crippen LogP contribution in [0.2, 0.25) is 0 Å². The fraction of sp³-hybridized carbons (Fsp3) is 0.571. The van der Waals surface area contributed by atoms with E-state index in [2.05, 4.69) is 10.3 Å². The van der Waals surface area contributed by atoms with Crippen LogP contribution < -0.4 is 10.9 Å². The van der Waals surface area contributed by atoms with E-state index in [-0.39, 0.29) is 5.56 Å². The third-order valence-corrected chi connectivity index (χ3v) is 4.03. The number of nitrogens with one attached hydrogen (secondary N) is 2. The molecule has 1 saturated carbocycles. The Morgan fingerprint density at radius 1 is 1.04 bits per heavy atom. The number of hydrogen-bond donors (Lipinski definition) is 2. The van der Waals surface area contributed by atoms with Gasteiger partial charge in [0.25, 0.3) is 11.5 Å². The average Bonchev–Trinajstić information content (AvgIpc) is 2.45. The second-order valence-corrected chi connectivity index (χ2v) is 5.77. The van der Waals surface area contributed by atoms with Crippen LogP contribution in [0.25, 0.3) is 0 Å². The predicted octanol–water partition coefficient (Wildman–Crippen LogP) is 3.01. The number of rotatable bonds is 2. The van der Waals surface area contributed by atoms with Crippen LogP contribution in [0.4, 0.5) is 26.3 Å². The Kier molecular flexibility index (Phi) is 4.95. The van der Waals surface area contributed by atoms with Gasteiger partial charge in [0.1, 0.15) is 5.56 Å². The number of aromatic nitrogens is 1. The molecule has 2 N–H and O–H groups in total. The zero-order valence-corrected chi connectivity index (χ0v) is 12.2. The Balaban J connectivity index is 2.17. The largest absolute Gasteiger partial charge is 0.391 e. The normalized spacial score (nSPS) is 25.3. The molecule has 1 aliphatic rings. The summed E-state index contributed by atoms with van der Waals surface area (Å²) in [6.07, 6.45) is -10.7. The first-order chi connectivity index (χ1) is 11.0. The van der Waals surface area contributed by atoms with E-state index < -0.39 is 61.0 Å². The minimum atomic E-state index is -4.78. The number of H-pyrrole nitrogens is 1. The van der Waals surface area contributed by atoms with Crippen molar-refractivity contribution >= 4 is 5.91 Å². The molecule has 0 aromatic carbocycles. The topological polar surface area (TPSA) is 62.0 Å². The van der Waals surface area contributed by atoms with Gasteiger partial charge in [-0.05, 0) is 31.4 Å². The maximum atomic E-state index is 12.9. The fourth-order valence-electron chi connectivity index (χ4n) is 2.83. The van der Waals surface area contributed by atoms with Crippen LogP contribution in [-0.4, -0.2) is 29.3 Å². The third-order valence-electron chi connectivity index (χ3n) is 4.03. The van der Waals surface area contributed by atoms with E-state index in [1.807, 2.05) is 0 Å². The number of hydrogen-bond acceptors (Lipinski definition) is 2. The van der Waals surface area contributed by atoms with E-state index in [0.717, 1.165) is 6.07 Å². The minimum absolute atomic E-state index is 0.366. The van der Waals surface area contributed by atoms with Crippen molar-refractivity contribution in [1.82, 2.24) is 10.3 Å². The summed E-state index contributed by atoms with van der Waals surface area (Å²) < 4.78 is 77.2. The van der Waals surface area contributed by atoms with Crippen molar-refractivity contribution in [1.29, 1.82) is 0 Å². The maximum Gasteiger partial charge on any atom is 0.391 e. The molecule has 0 bridgehead atoms. The van der Waals surface area contributed by atoms with Gasteiger partial charge in [0.15, 0.2) is 0 Å². The van der Waals surface area contributed by atoms with E-state index in [1.54, 1.807) is 0 Å². The number of aromatic amines is 1. The molecule has 4 nitrogen and oxygen atoms in total. The van der Waals surface area contributed by atoms with Crippen molar-refractivity contribution in [2.75, 3.05) is 0 Å². The van der Waals surface area contributed by atoms with Crippen molar-refractivity contribution in [3.05, 3.63) is 34.2 Å². The van der Waals surface area contributed by atoms with E-state index >= 15 is 0 Å². The predicted molar refractivity (Wildman–Crippen MR) is 71.3 cm³/mol. The lowest BCUT2D eigenvalue weighted by Gasteiger charge is -2.36. The molecule has 0 saturated heterocycles. The summed E-state index contributed by atoms with van der Waals surface area (Å²) in [5.74, 6) is -5.31. The van der Waals surface area contributed by atoms with Gasteiger partial charge in [-0.15, -0.1) is 0 Å². The van der Waals surface area contributed by atoms with Gasteiger partial charge in [-0.3, -0.25) is 9.59 Å². The summed E-state index contributed by atoms with van der Waals surface area (Å²) in [5.41, 5.74) is -1.14. The smallest absolute Gasteiger partial charge is 0.349 e. The Hall–Kier alpha value is -2.00. The van der Waals surface area contributed by atoms with Crippen LogP contribution in [0.1, 0.15) is 29.6 Å². The molecule has 1 aromatic heterocycles. The van der Waals surface area contributed by atoms with Gasteiger partial charge in [-0.25, -0.2) is 0 Å². The highest BCUT2D eigenvalue weighted by atomic mass is 19.4. The van der Waals surface area contributed by atoms with Crippen LogP contribution in [0.15, 0.2) is 23.1 Å². The van der Waals surface area contributed by atoms with Crippen LogP contribution in [0, 0.1) is 11.8 Å². The molecule has 2 atom stereocenters. The molecule has 1 aromatic rings. The van der Waals surface area contributed by atoms with Gasteiger partial charge >= 0.3 is 12.4 Å². The molecule has 0 radical (unpaired) electrons. The Labute approximate surface area is 132 Å². The Morgan fingerprint density at radius 3 is 2.04 bits per heavy atom. The van der Waals surface area contributed by atoms with Crippen LogP contribution in [0.5, 0.6) is 0 Å². The number of halogens is 6. The van der Waals surface area contributed by atoms with Crippen LogP contribution in [0.3, 0.4) is 0 Å². The van der Waals surface area contributed by atoms with E-state index in [0.29, 0.717) is 0 Å². The monoisotopic (exact) mass is 356 g/mol. The summed E-state index contributed by atoms with van der Waals surface area (Å²) in [6, 6.07) is 1.15. The number of carbonyl (C=O) groups excluding carboxylic acids is 1. The Bertz CT molecular complexity index is 630. The summed E-state index contributed by atoms with van der Waals surface area (Å²) >= 11 is 0. The lowest BCUT2D eigenvalue weighted by atomic mass is 9.77. The van der Waals surface area contributed by atoms with Gasteiger partial charge in [0.05, 0.1) is 11.8 Å². The van der Waals surface area contributed by atoms with E-state index in [9.17, 15) is 35.9 Å². The molecule has 10 heteroatoms. The number of carbonyl (C=O) groups is 1. The highest BCUT2D eigenvalue weighted by Crippen LogP contribution is 2.45. The van der Waals surface area contributed by atoms with Crippen LogP contribution in [-0.2, 0) is 0 Å². The van der Waals surface area contributed by atoms with Gasteiger partial charge in [-0.1, -0.05) is 0 Å². The SMILES string of the molecule is O=C(NC1C[C@@H](C(F)(F)F)C[C@H](C(F)(F)F)C1)c1ccc[nH]c1=O. The quantitative estimate of drug-likeness (QED) is 0.801. The highest BCUT2D eigenvalue weighted by Gasteiger charge is 2.52. The fourth-order valence-corrected chi connectivity index (χ4v) is 2.83. The number of amides is 1. The number of alkyl halides is 6. The first-order valence-corrected chi connectivity index (χ1v) is 7.10. The minimum Gasteiger partial charge on any atom is -0.349 e. The molecule has 0 aliphatic heterocycles. The van der Waals surface area contributed by atoms with Crippen molar-refractivity contribution in [2.45, 2.75) is 37.7 Å². The zero-order chi connectivity index (χ0) is 18.1. The van der Waals surface area contributed by atoms with E-state index in [1.165, 1.54) is 12.3 Å². The lowest BCUT2D eigenvalue weighted by molar-refractivity contribution is -0.225. The number of pyridine rings is 1. The molecule has 1 fully saturated rings. The first kappa shape index (κ1) is 18.3. The summed E-state index contributed by atoms with van der Waals surface area (Å²) in [5, 5.41) is 2.12. The molecule has 1 aliphatic carbocycles. The molecule has 2 rings (SSSR count).